The summed E-state index contributed by atoms with van der Waals surface area (Å²) in [5.41, 5.74) is 0.333. The van der Waals surface area contributed by atoms with Gasteiger partial charge < -0.3 is 15.4 Å². The summed E-state index contributed by atoms with van der Waals surface area (Å²) in [4.78, 5) is 12.0. The third-order valence-electron chi connectivity index (χ3n) is 5.00. The summed E-state index contributed by atoms with van der Waals surface area (Å²) in [6.45, 7) is 6.71. The molecule has 2 fully saturated rings. The number of carbonyl (C=O) groups excluding carboxylic acids is 1. The lowest BCUT2D eigenvalue weighted by Gasteiger charge is -2.42. The first-order valence-corrected chi connectivity index (χ1v) is 8.29. The molecule has 116 valence electrons. The smallest absolute Gasteiger partial charge is 0.220 e. The van der Waals surface area contributed by atoms with Crippen molar-refractivity contribution in [2.45, 2.75) is 51.9 Å². The molecule has 2 N–H and O–H groups in total. The molecule has 0 bridgehead atoms. The van der Waals surface area contributed by atoms with Crippen LogP contribution in [0.3, 0.4) is 0 Å². The van der Waals surface area contributed by atoms with Crippen molar-refractivity contribution in [2.75, 3.05) is 32.8 Å². The average molecular weight is 282 g/mol. The summed E-state index contributed by atoms with van der Waals surface area (Å²) in [7, 11) is 0. The van der Waals surface area contributed by atoms with Crippen molar-refractivity contribution in [3.05, 3.63) is 0 Å². The topological polar surface area (TPSA) is 50.4 Å². The summed E-state index contributed by atoms with van der Waals surface area (Å²) < 4.78 is 5.47. The number of hydrogen-bond donors (Lipinski definition) is 2. The first-order chi connectivity index (χ1) is 9.74. The molecule has 1 aliphatic heterocycles. The van der Waals surface area contributed by atoms with Gasteiger partial charge in [-0.2, -0.15) is 0 Å². The van der Waals surface area contributed by atoms with Gasteiger partial charge in [0.1, 0.15) is 0 Å². The van der Waals surface area contributed by atoms with E-state index < -0.39 is 0 Å². The van der Waals surface area contributed by atoms with Gasteiger partial charge in [-0.1, -0.05) is 6.42 Å². The van der Waals surface area contributed by atoms with Crippen LogP contribution >= 0.6 is 0 Å². The average Bonchev–Trinajstić information content (AvgIpc) is 2.91. The highest BCUT2D eigenvalue weighted by Crippen LogP contribution is 2.43. The zero-order valence-electron chi connectivity index (χ0n) is 12.9. The van der Waals surface area contributed by atoms with E-state index in [2.05, 4.69) is 10.6 Å². The normalized spacial score (nSPS) is 24.4. The summed E-state index contributed by atoms with van der Waals surface area (Å²) in [5, 5.41) is 6.52. The second kappa shape index (κ2) is 7.99. The molecule has 1 atom stereocenters. The van der Waals surface area contributed by atoms with Crippen molar-refractivity contribution in [2.24, 2.45) is 11.3 Å². The maximum absolute atomic E-state index is 12.0. The zero-order valence-corrected chi connectivity index (χ0v) is 12.9. The van der Waals surface area contributed by atoms with Crippen LogP contribution in [0, 0.1) is 11.3 Å². The molecular formula is C16H30N2O2. The van der Waals surface area contributed by atoms with Crippen molar-refractivity contribution in [1.29, 1.82) is 0 Å². The molecule has 0 aromatic carbocycles. The van der Waals surface area contributed by atoms with Crippen molar-refractivity contribution in [3.8, 4) is 0 Å². The Balaban J connectivity index is 1.60. The van der Waals surface area contributed by atoms with E-state index in [0.717, 1.165) is 45.7 Å². The van der Waals surface area contributed by atoms with Crippen molar-refractivity contribution >= 4 is 5.91 Å². The predicted molar refractivity (Wildman–Crippen MR) is 80.6 cm³/mol. The van der Waals surface area contributed by atoms with Gasteiger partial charge in [-0.05, 0) is 63.5 Å². The molecule has 2 aliphatic rings. The Labute approximate surface area is 123 Å². The van der Waals surface area contributed by atoms with Crippen LogP contribution in [0.5, 0.6) is 0 Å². The van der Waals surface area contributed by atoms with Gasteiger partial charge in [0.05, 0.1) is 0 Å². The van der Waals surface area contributed by atoms with Crippen molar-refractivity contribution in [3.63, 3.8) is 0 Å². The summed E-state index contributed by atoms with van der Waals surface area (Å²) >= 11 is 0. The van der Waals surface area contributed by atoms with Gasteiger partial charge in [0.2, 0.25) is 5.91 Å². The van der Waals surface area contributed by atoms with E-state index in [9.17, 15) is 4.79 Å². The zero-order chi connectivity index (χ0) is 14.3. The monoisotopic (exact) mass is 282 g/mol. The van der Waals surface area contributed by atoms with Gasteiger partial charge in [-0.25, -0.2) is 0 Å². The molecule has 4 nitrogen and oxygen atoms in total. The minimum Gasteiger partial charge on any atom is -0.382 e. The molecule has 1 saturated carbocycles. The third-order valence-corrected chi connectivity index (χ3v) is 5.00. The van der Waals surface area contributed by atoms with E-state index in [-0.39, 0.29) is 5.91 Å². The Bertz CT molecular complexity index is 297. The minimum atomic E-state index is 0.236. The Morgan fingerprint density at radius 3 is 2.90 bits per heavy atom. The standard InChI is InChI=1S/C16H30N2O2/c1-2-20-11-9-16(7-3-8-16)13-18-15(19)5-4-14-6-10-17-12-14/h14,17H,2-13H2,1H3,(H,18,19). The molecule has 1 amide bonds. The quantitative estimate of drug-likeness (QED) is 0.637. The lowest BCUT2D eigenvalue weighted by molar-refractivity contribution is -0.122. The number of rotatable bonds is 9. The fourth-order valence-electron chi connectivity index (χ4n) is 3.30. The molecule has 1 saturated heterocycles. The van der Waals surface area contributed by atoms with Crippen molar-refractivity contribution in [1.82, 2.24) is 10.6 Å². The van der Waals surface area contributed by atoms with Gasteiger partial charge in [0.15, 0.2) is 0 Å². The van der Waals surface area contributed by atoms with Gasteiger partial charge in [0, 0.05) is 26.2 Å². The first-order valence-electron chi connectivity index (χ1n) is 8.29. The second-order valence-electron chi connectivity index (χ2n) is 6.47. The fourth-order valence-corrected chi connectivity index (χ4v) is 3.30. The highest BCUT2D eigenvalue weighted by atomic mass is 16.5. The van der Waals surface area contributed by atoms with E-state index >= 15 is 0 Å². The van der Waals surface area contributed by atoms with Crippen LogP contribution in [0.15, 0.2) is 0 Å². The van der Waals surface area contributed by atoms with Gasteiger partial charge >= 0.3 is 0 Å². The van der Waals surface area contributed by atoms with Crippen LogP contribution in [-0.4, -0.2) is 38.8 Å². The molecule has 0 spiro atoms. The number of hydrogen-bond acceptors (Lipinski definition) is 3. The summed E-state index contributed by atoms with van der Waals surface area (Å²) in [5.74, 6) is 0.941. The van der Waals surface area contributed by atoms with E-state index in [4.69, 9.17) is 4.74 Å². The van der Waals surface area contributed by atoms with Gasteiger partial charge in [0.25, 0.3) is 0 Å². The van der Waals surface area contributed by atoms with Crippen LogP contribution in [-0.2, 0) is 9.53 Å². The van der Waals surface area contributed by atoms with Crippen molar-refractivity contribution < 1.29 is 9.53 Å². The van der Waals surface area contributed by atoms with E-state index in [1.165, 1.54) is 25.7 Å². The lowest BCUT2D eigenvalue weighted by atomic mass is 9.66. The number of amides is 1. The second-order valence-corrected chi connectivity index (χ2v) is 6.47. The SMILES string of the molecule is CCOCCC1(CNC(=O)CCC2CCNC2)CCC1. The van der Waals surface area contributed by atoms with Gasteiger partial charge in [-0.3, -0.25) is 4.79 Å². The molecule has 2 rings (SSSR count). The Hall–Kier alpha value is -0.610. The highest BCUT2D eigenvalue weighted by molar-refractivity contribution is 5.75. The molecule has 0 radical (unpaired) electrons. The number of carbonyl (C=O) groups is 1. The van der Waals surface area contributed by atoms with Crippen LogP contribution in [0.4, 0.5) is 0 Å². The Kier molecular flexibility index (Phi) is 6.30. The molecule has 4 heteroatoms. The maximum Gasteiger partial charge on any atom is 0.220 e. The predicted octanol–water partition coefficient (Wildman–Crippen LogP) is 2.09. The molecule has 1 aliphatic carbocycles. The third kappa shape index (κ3) is 4.74. The Morgan fingerprint density at radius 2 is 2.30 bits per heavy atom. The molecule has 20 heavy (non-hydrogen) atoms. The molecule has 0 aromatic heterocycles. The minimum absolute atomic E-state index is 0.236. The van der Waals surface area contributed by atoms with E-state index in [1.807, 2.05) is 6.92 Å². The largest absolute Gasteiger partial charge is 0.382 e. The van der Waals surface area contributed by atoms with Crippen LogP contribution in [0.2, 0.25) is 0 Å². The first kappa shape index (κ1) is 15.8. The number of nitrogens with one attached hydrogen (secondary N) is 2. The fraction of sp³-hybridized carbons (Fsp3) is 0.938. The molecular weight excluding hydrogens is 252 g/mol. The summed E-state index contributed by atoms with van der Waals surface area (Å²) in [6, 6.07) is 0. The summed E-state index contributed by atoms with van der Waals surface area (Å²) in [6.07, 6.45) is 7.83. The highest BCUT2D eigenvalue weighted by Gasteiger charge is 2.36. The Morgan fingerprint density at radius 1 is 1.45 bits per heavy atom. The van der Waals surface area contributed by atoms with E-state index in [0.29, 0.717) is 17.8 Å². The van der Waals surface area contributed by atoms with Crippen LogP contribution < -0.4 is 10.6 Å². The van der Waals surface area contributed by atoms with Crippen LogP contribution in [0.1, 0.15) is 51.9 Å². The van der Waals surface area contributed by atoms with Crippen LogP contribution in [0.25, 0.3) is 0 Å². The number of ether oxygens (including phenoxy) is 1. The van der Waals surface area contributed by atoms with E-state index in [1.54, 1.807) is 0 Å². The molecule has 1 heterocycles. The lowest BCUT2D eigenvalue weighted by Crippen LogP contribution is -2.43. The van der Waals surface area contributed by atoms with Gasteiger partial charge in [-0.15, -0.1) is 0 Å². The molecule has 0 aromatic rings. The molecule has 1 unspecified atom stereocenters. The maximum atomic E-state index is 12.0.